The minimum atomic E-state index is -1.04. The van der Waals surface area contributed by atoms with Crippen LogP contribution in [0.4, 0.5) is 4.39 Å². The number of hydrazine groups is 1. The molecule has 0 spiro atoms. The summed E-state index contributed by atoms with van der Waals surface area (Å²) in [6.07, 6.45) is 6.86. The van der Waals surface area contributed by atoms with Crippen LogP contribution in [-0.4, -0.2) is 67.4 Å². The van der Waals surface area contributed by atoms with E-state index >= 15 is 0 Å². The molecule has 1 saturated heterocycles. The molecular weight excluding hydrogens is 603 g/mol. The van der Waals surface area contributed by atoms with Crippen LogP contribution in [0.3, 0.4) is 0 Å². The fourth-order valence-electron chi connectivity index (χ4n) is 5.14. The molecule has 2 aromatic carbocycles. The molecule has 0 radical (unpaired) electrons. The monoisotopic (exact) mass is 640 g/mol. The van der Waals surface area contributed by atoms with Crippen molar-refractivity contribution in [3.63, 3.8) is 0 Å². The normalized spacial score (nSPS) is 13.7. The molecule has 0 aliphatic carbocycles. The average molecular weight is 641 g/mol. The molecular formula is C34H37FN8O4. The van der Waals surface area contributed by atoms with Crippen LogP contribution < -0.4 is 16.2 Å². The maximum absolute atomic E-state index is 13.5. The molecule has 13 heteroatoms. The zero-order valence-electron chi connectivity index (χ0n) is 26.4. The molecule has 244 valence electrons. The molecule has 0 unspecified atom stereocenters. The van der Waals surface area contributed by atoms with Crippen molar-refractivity contribution in [3.8, 4) is 22.4 Å². The van der Waals surface area contributed by atoms with Crippen LogP contribution in [-0.2, 0) is 34.4 Å². The molecule has 0 bridgehead atoms. The lowest BCUT2D eigenvalue weighted by molar-refractivity contribution is -0.133. The Hall–Kier alpha value is -5.59. The summed E-state index contributed by atoms with van der Waals surface area (Å²) in [5, 5.41) is 12.1. The molecule has 5 rings (SSSR count). The average Bonchev–Trinajstić information content (AvgIpc) is 3.73. The van der Waals surface area contributed by atoms with Crippen LogP contribution in [0.5, 0.6) is 0 Å². The minimum Gasteiger partial charge on any atom is -0.346 e. The number of benzene rings is 2. The summed E-state index contributed by atoms with van der Waals surface area (Å²) in [5.74, 6) is -1.95. The number of aryl methyl sites for hydroxylation is 3. The van der Waals surface area contributed by atoms with Gasteiger partial charge in [0.05, 0.1) is 31.0 Å². The standard InChI is InChI=1S/C34H37FN8O4/c1-4-43-14-13-30(40-43)26-16-24(15-25(17-26)27-18-36-41(3)19-27)22(2)37-34(47)29-8-6-5-7-23(29)9-10-31(44)38-39-32(45)11-12-33(46)42-20-28(35)21-42/h5-8,11-19,22,28H,4,9-10,20-21H2,1-3H3,(H,37,47)(H,38,44)(H,39,45)/b12-11+/t22-/m1/s1. The van der Waals surface area contributed by atoms with Crippen LogP contribution in [0.1, 0.15) is 47.8 Å². The first kappa shape index (κ1) is 32.8. The summed E-state index contributed by atoms with van der Waals surface area (Å²) in [7, 11) is 1.86. The molecule has 1 atom stereocenters. The molecule has 1 fully saturated rings. The quantitative estimate of drug-likeness (QED) is 0.170. The van der Waals surface area contributed by atoms with Gasteiger partial charge in [0.2, 0.25) is 11.8 Å². The smallest absolute Gasteiger partial charge is 0.262 e. The molecule has 12 nitrogen and oxygen atoms in total. The first-order valence-electron chi connectivity index (χ1n) is 15.4. The Morgan fingerprint density at radius 2 is 1.79 bits per heavy atom. The van der Waals surface area contributed by atoms with Gasteiger partial charge in [-0.1, -0.05) is 18.2 Å². The molecule has 47 heavy (non-hydrogen) atoms. The van der Waals surface area contributed by atoms with Gasteiger partial charge in [0.1, 0.15) is 6.17 Å². The van der Waals surface area contributed by atoms with Gasteiger partial charge in [0, 0.05) is 61.2 Å². The Balaban J connectivity index is 1.21. The Kier molecular flexibility index (Phi) is 10.2. The van der Waals surface area contributed by atoms with Gasteiger partial charge in [-0.15, -0.1) is 0 Å². The van der Waals surface area contributed by atoms with Crippen molar-refractivity contribution >= 4 is 23.6 Å². The van der Waals surface area contributed by atoms with Gasteiger partial charge in [-0.2, -0.15) is 10.2 Å². The van der Waals surface area contributed by atoms with E-state index in [0.29, 0.717) is 11.1 Å². The maximum atomic E-state index is 13.5. The van der Waals surface area contributed by atoms with Crippen LogP contribution in [0.15, 0.2) is 79.3 Å². The lowest BCUT2D eigenvalue weighted by Gasteiger charge is -2.33. The van der Waals surface area contributed by atoms with Crippen molar-refractivity contribution in [1.82, 2.24) is 40.6 Å². The van der Waals surface area contributed by atoms with E-state index in [0.717, 1.165) is 46.6 Å². The van der Waals surface area contributed by atoms with Gasteiger partial charge in [-0.3, -0.25) is 39.4 Å². The van der Waals surface area contributed by atoms with Gasteiger partial charge >= 0.3 is 0 Å². The van der Waals surface area contributed by atoms with Crippen molar-refractivity contribution in [3.05, 3.63) is 96.0 Å². The largest absolute Gasteiger partial charge is 0.346 e. The highest BCUT2D eigenvalue weighted by atomic mass is 19.1. The fraction of sp³-hybridized carbons (Fsp3) is 0.294. The Morgan fingerprint density at radius 1 is 1.02 bits per heavy atom. The van der Waals surface area contributed by atoms with E-state index in [9.17, 15) is 23.6 Å². The third-order valence-corrected chi connectivity index (χ3v) is 7.84. The summed E-state index contributed by atoms with van der Waals surface area (Å²) in [5.41, 5.74) is 10.1. The number of halogens is 1. The Labute approximate surface area is 271 Å². The highest BCUT2D eigenvalue weighted by molar-refractivity contribution is 5.98. The predicted molar refractivity (Wildman–Crippen MR) is 173 cm³/mol. The lowest BCUT2D eigenvalue weighted by Crippen LogP contribution is -2.51. The molecule has 1 aliphatic heterocycles. The number of alkyl halides is 1. The Morgan fingerprint density at radius 3 is 2.49 bits per heavy atom. The second kappa shape index (κ2) is 14.7. The lowest BCUT2D eigenvalue weighted by atomic mass is 9.96. The zero-order valence-corrected chi connectivity index (χ0v) is 26.4. The van der Waals surface area contributed by atoms with Gasteiger partial charge in [-0.25, -0.2) is 4.39 Å². The van der Waals surface area contributed by atoms with E-state index in [4.69, 9.17) is 0 Å². The maximum Gasteiger partial charge on any atom is 0.262 e. The number of hydrogen-bond acceptors (Lipinski definition) is 6. The molecule has 4 aromatic rings. The first-order chi connectivity index (χ1) is 22.6. The summed E-state index contributed by atoms with van der Waals surface area (Å²) >= 11 is 0. The van der Waals surface area contributed by atoms with Crippen LogP contribution in [0.25, 0.3) is 22.4 Å². The zero-order chi connectivity index (χ0) is 33.5. The Bertz CT molecular complexity index is 1810. The SMILES string of the molecule is CCn1ccc(-c2cc(-c3cnn(C)c3)cc([C@@H](C)NC(=O)c3ccccc3CCC(=O)NNC(=O)/C=C/C(=O)N3CC(F)C3)c2)n1. The summed E-state index contributed by atoms with van der Waals surface area (Å²) in [6.45, 7) is 4.70. The van der Waals surface area contributed by atoms with E-state index in [2.05, 4.69) is 32.4 Å². The molecule has 4 amide bonds. The van der Waals surface area contributed by atoms with E-state index in [1.165, 1.54) is 4.90 Å². The van der Waals surface area contributed by atoms with Crippen molar-refractivity contribution < 1.29 is 23.6 Å². The van der Waals surface area contributed by atoms with Crippen LogP contribution in [0.2, 0.25) is 0 Å². The van der Waals surface area contributed by atoms with E-state index in [1.807, 2.05) is 56.2 Å². The van der Waals surface area contributed by atoms with Crippen molar-refractivity contribution in [2.75, 3.05) is 13.1 Å². The van der Waals surface area contributed by atoms with Crippen molar-refractivity contribution in [2.24, 2.45) is 7.05 Å². The summed E-state index contributed by atoms with van der Waals surface area (Å²) in [6, 6.07) is 14.7. The highest BCUT2D eigenvalue weighted by Gasteiger charge is 2.29. The number of hydrogen-bond donors (Lipinski definition) is 3. The van der Waals surface area contributed by atoms with Crippen LogP contribution in [0, 0.1) is 0 Å². The number of carbonyl (C=O) groups excluding carboxylic acids is 4. The van der Waals surface area contributed by atoms with Crippen molar-refractivity contribution in [2.45, 2.75) is 45.4 Å². The molecule has 0 saturated carbocycles. The van der Waals surface area contributed by atoms with Crippen molar-refractivity contribution in [1.29, 1.82) is 0 Å². The third kappa shape index (κ3) is 8.37. The number of nitrogens with zero attached hydrogens (tertiary/aromatic N) is 5. The highest BCUT2D eigenvalue weighted by Crippen LogP contribution is 2.30. The number of nitrogens with one attached hydrogen (secondary N) is 3. The number of carbonyl (C=O) groups is 4. The number of amides is 4. The fourth-order valence-corrected chi connectivity index (χ4v) is 5.14. The first-order valence-corrected chi connectivity index (χ1v) is 15.4. The number of likely N-dealkylation sites (tertiary alicyclic amines) is 1. The molecule has 2 aromatic heterocycles. The van der Waals surface area contributed by atoms with Gasteiger partial charge in [0.15, 0.2) is 0 Å². The third-order valence-electron chi connectivity index (χ3n) is 7.84. The van der Waals surface area contributed by atoms with Gasteiger partial charge < -0.3 is 10.2 Å². The molecule has 3 N–H and O–H groups in total. The summed E-state index contributed by atoms with van der Waals surface area (Å²) < 4.78 is 16.5. The number of rotatable bonds is 11. The molecule has 1 aliphatic rings. The second-order valence-corrected chi connectivity index (χ2v) is 11.4. The predicted octanol–water partition coefficient (Wildman–Crippen LogP) is 3.28. The van der Waals surface area contributed by atoms with Crippen LogP contribution >= 0.6 is 0 Å². The van der Waals surface area contributed by atoms with Gasteiger partial charge in [-0.05, 0) is 67.3 Å². The van der Waals surface area contributed by atoms with E-state index in [1.54, 1.807) is 35.1 Å². The topological polar surface area (TPSA) is 143 Å². The minimum absolute atomic E-state index is 0.00460. The summed E-state index contributed by atoms with van der Waals surface area (Å²) in [4.78, 5) is 51.0. The van der Waals surface area contributed by atoms with E-state index in [-0.39, 0.29) is 37.9 Å². The van der Waals surface area contributed by atoms with E-state index < -0.39 is 23.9 Å². The second-order valence-electron chi connectivity index (χ2n) is 11.4. The molecule has 3 heterocycles. The van der Waals surface area contributed by atoms with Gasteiger partial charge in [0.25, 0.3) is 11.8 Å². The number of aromatic nitrogens is 4.